The lowest BCUT2D eigenvalue weighted by Crippen LogP contribution is -2.40. The van der Waals surface area contributed by atoms with E-state index in [-0.39, 0.29) is 18.8 Å². The molecule has 3 N–H and O–H groups in total. The smallest absolute Gasteiger partial charge is 0.163 e. The van der Waals surface area contributed by atoms with Crippen molar-refractivity contribution < 1.29 is 14.6 Å². The zero-order valence-electron chi connectivity index (χ0n) is 6.91. The van der Waals surface area contributed by atoms with Crippen molar-refractivity contribution in [3.63, 3.8) is 0 Å². The van der Waals surface area contributed by atoms with Crippen molar-refractivity contribution in [2.75, 3.05) is 13.2 Å². The molecule has 2 atom stereocenters. The molecule has 0 aromatic carbocycles. The fourth-order valence-corrected chi connectivity index (χ4v) is 1.04. The molecule has 0 aliphatic carbocycles. The predicted octanol–water partition coefficient (Wildman–Crippen LogP) is -0.542. The van der Waals surface area contributed by atoms with Crippen molar-refractivity contribution in [3.8, 4) is 0 Å². The van der Waals surface area contributed by atoms with Gasteiger partial charge in [0.2, 0.25) is 0 Å². The molecule has 1 heterocycles. The van der Waals surface area contributed by atoms with Gasteiger partial charge < -0.3 is 20.3 Å². The van der Waals surface area contributed by atoms with E-state index in [1.807, 2.05) is 13.8 Å². The van der Waals surface area contributed by atoms with Crippen LogP contribution in [0.25, 0.3) is 0 Å². The second-order valence-electron chi connectivity index (χ2n) is 3.21. The number of aliphatic hydroxyl groups excluding tert-OH is 1. The average Bonchev–Trinajstić information content (AvgIpc) is 2.29. The van der Waals surface area contributed by atoms with E-state index in [1.54, 1.807) is 0 Å². The largest absolute Gasteiger partial charge is 0.395 e. The first-order valence-electron chi connectivity index (χ1n) is 3.73. The number of aliphatic hydroxyl groups is 1. The minimum atomic E-state index is -0.544. The van der Waals surface area contributed by atoms with Gasteiger partial charge in [-0.1, -0.05) is 0 Å². The van der Waals surface area contributed by atoms with Gasteiger partial charge in [0.05, 0.1) is 19.3 Å². The molecule has 66 valence electrons. The second-order valence-corrected chi connectivity index (χ2v) is 3.21. The van der Waals surface area contributed by atoms with Crippen molar-refractivity contribution in [1.29, 1.82) is 0 Å². The first kappa shape index (κ1) is 8.93. The number of rotatable bonds is 2. The number of ether oxygens (including phenoxy) is 2. The molecule has 0 radical (unpaired) electrons. The monoisotopic (exact) mass is 161 g/mol. The molecule has 4 nitrogen and oxygen atoms in total. The molecular formula is C7H15NO3. The number of hydrogen-bond acceptors (Lipinski definition) is 4. The highest BCUT2D eigenvalue weighted by atomic mass is 16.7. The summed E-state index contributed by atoms with van der Waals surface area (Å²) in [6.07, 6.45) is -0.171. The summed E-state index contributed by atoms with van der Waals surface area (Å²) in [5.74, 6) is -0.544. The maximum atomic E-state index is 8.70. The maximum Gasteiger partial charge on any atom is 0.163 e. The van der Waals surface area contributed by atoms with E-state index in [0.717, 1.165) is 0 Å². The molecule has 0 unspecified atom stereocenters. The Morgan fingerprint density at radius 1 is 1.73 bits per heavy atom. The first-order chi connectivity index (χ1) is 5.05. The van der Waals surface area contributed by atoms with E-state index in [0.29, 0.717) is 6.61 Å². The molecule has 1 aliphatic rings. The fourth-order valence-electron chi connectivity index (χ4n) is 1.04. The summed E-state index contributed by atoms with van der Waals surface area (Å²) in [4.78, 5) is 0. The van der Waals surface area contributed by atoms with Gasteiger partial charge in [0.1, 0.15) is 6.10 Å². The Balaban J connectivity index is 2.41. The van der Waals surface area contributed by atoms with Gasteiger partial charge in [-0.2, -0.15) is 0 Å². The summed E-state index contributed by atoms with van der Waals surface area (Å²) in [6.45, 7) is 4.06. The third kappa shape index (κ3) is 2.13. The second kappa shape index (κ2) is 3.06. The predicted molar refractivity (Wildman–Crippen MR) is 40.0 cm³/mol. The van der Waals surface area contributed by atoms with Gasteiger partial charge in [0.25, 0.3) is 0 Å². The van der Waals surface area contributed by atoms with Crippen LogP contribution in [0.15, 0.2) is 0 Å². The summed E-state index contributed by atoms with van der Waals surface area (Å²) in [5, 5.41) is 8.70. The Morgan fingerprint density at radius 3 is 2.73 bits per heavy atom. The molecule has 4 heteroatoms. The SMILES string of the molecule is CC1(C)OC[C@H]([C@H](N)CO)O1. The summed E-state index contributed by atoms with van der Waals surface area (Å²) in [6, 6.07) is -0.336. The summed E-state index contributed by atoms with van der Waals surface area (Å²) < 4.78 is 10.7. The maximum absolute atomic E-state index is 8.70. The molecule has 1 aliphatic heterocycles. The number of nitrogens with two attached hydrogens (primary N) is 1. The first-order valence-corrected chi connectivity index (χ1v) is 3.73. The van der Waals surface area contributed by atoms with Gasteiger partial charge in [-0.3, -0.25) is 0 Å². The summed E-state index contributed by atoms with van der Waals surface area (Å²) >= 11 is 0. The van der Waals surface area contributed by atoms with Crippen LogP contribution in [0.4, 0.5) is 0 Å². The van der Waals surface area contributed by atoms with Gasteiger partial charge in [-0.25, -0.2) is 0 Å². The Kier molecular flexibility index (Phi) is 2.49. The van der Waals surface area contributed by atoms with Gasteiger partial charge in [-0.15, -0.1) is 0 Å². The third-order valence-electron chi connectivity index (χ3n) is 1.72. The molecule has 0 amide bonds. The van der Waals surface area contributed by atoms with E-state index >= 15 is 0 Å². The lowest BCUT2D eigenvalue weighted by molar-refractivity contribution is -0.141. The average molecular weight is 161 g/mol. The van der Waals surface area contributed by atoms with Crippen molar-refractivity contribution >= 4 is 0 Å². The van der Waals surface area contributed by atoms with E-state index in [1.165, 1.54) is 0 Å². The van der Waals surface area contributed by atoms with E-state index in [4.69, 9.17) is 20.3 Å². The zero-order valence-corrected chi connectivity index (χ0v) is 6.91. The third-order valence-corrected chi connectivity index (χ3v) is 1.72. The minimum absolute atomic E-state index is 0.0654. The normalized spacial score (nSPS) is 32.2. The molecule has 1 fully saturated rings. The van der Waals surface area contributed by atoms with Crippen molar-refractivity contribution in [2.24, 2.45) is 5.73 Å². The molecular weight excluding hydrogens is 146 g/mol. The van der Waals surface area contributed by atoms with Crippen LogP contribution in [-0.4, -0.2) is 36.3 Å². The van der Waals surface area contributed by atoms with Crippen LogP contribution in [-0.2, 0) is 9.47 Å². The molecule has 1 saturated heterocycles. The molecule has 11 heavy (non-hydrogen) atoms. The lowest BCUT2D eigenvalue weighted by Gasteiger charge is -2.19. The number of hydrogen-bond donors (Lipinski definition) is 2. The highest BCUT2D eigenvalue weighted by Crippen LogP contribution is 2.23. The van der Waals surface area contributed by atoms with Crippen LogP contribution in [0.1, 0.15) is 13.8 Å². The van der Waals surface area contributed by atoms with Crippen LogP contribution in [0, 0.1) is 0 Å². The van der Waals surface area contributed by atoms with E-state index < -0.39 is 5.79 Å². The van der Waals surface area contributed by atoms with Crippen molar-refractivity contribution in [2.45, 2.75) is 31.8 Å². The quantitative estimate of drug-likeness (QED) is 0.570. The molecule has 0 aromatic rings. The molecule has 0 spiro atoms. The Bertz CT molecular complexity index is 138. The Labute approximate surface area is 66.3 Å². The van der Waals surface area contributed by atoms with Gasteiger partial charge in [0.15, 0.2) is 5.79 Å². The van der Waals surface area contributed by atoms with Gasteiger partial charge in [0, 0.05) is 0 Å². The van der Waals surface area contributed by atoms with Crippen LogP contribution in [0.3, 0.4) is 0 Å². The highest BCUT2D eigenvalue weighted by molar-refractivity contribution is 4.79. The van der Waals surface area contributed by atoms with Gasteiger partial charge in [-0.05, 0) is 13.8 Å². The molecule has 0 saturated carbocycles. The Morgan fingerprint density at radius 2 is 2.36 bits per heavy atom. The zero-order chi connectivity index (χ0) is 8.48. The fraction of sp³-hybridized carbons (Fsp3) is 1.00. The van der Waals surface area contributed by atoms with Crippen LogP contribution in [0.5, 0.6) is 0 Å². The van der Waals surface area contributed by atoms with Crippen molar-refractivity contribution in [1.82, 2.24) is 0 Å². The summed E-state index contributed by atoms with van der Waals surface area (Å²) in [7, 11) is 0. The van der Waals surface area contributed by atoms with E-state index in [9.17, 15) is 0 Å². The molecule has 0 aromatic heterocycles. The standard InChI is InChI=1S/C7H15NO3/c1-7(2)10-4-6(11-7)5(8)3-9/h5-6,9H,3-4,8H2,1-2H3/t5-,6-/m1/s1. The minimum Gasteiger partial charge on any atom is -0.395 e. The van der Waals surface area contributed by atoms with Crippen molar-refractivity contribution in [3.05, 3.63) is 0 Å². The van der Waals surface area contributed by atoms with Crippen LogP contribution >= 0.6 is 0 Å². The lowest BCUT2D eigenvalue weighted by atomic mass is 10.2. The van der Waals surface area contributed by atoms with Crippen LogP contribution in [0.2, 0.25) is 0 Å². The molecule has 1 rings (SSSR count). The topological polar surface area (TPSA) is 64.7 Å². The van der Waals surface area contributed by atoms with Gasteiger partial charge >= 0.3 is 0 Å². The molecule has 0 bridgehead atoms. The Hall–Kier alpha value is -0.160. The van der Waals surface area contributed by atoms with Crippen LogP contribution < -0.4 is 5.73 Å². The van der Waals surface area contributed by atoms with E-state index in [2.05, 4.69) is 0 Å². The summed E-state index contributed by atoms with van der Waals surface area (Å²) in [5.41, 5.74) is 5.54. The highest BCUT2D eigenvalue weighted by Gasteiger charge is 2.35.